The van der Waals surface area contributed by atoms with Gasteiger partial charge in [-0.3, -0.25) is 0 Å². The molecule has 0 bridgehead atoms. The second kappa shape index (κ2) is 10.9. The minimum Gasteiger partial charge on any atom is -0.381 e. The van der Waals surface area contributed by atoms with Crippen LogP contribution in [0.25, 0.3) is 0 Å². The summed E-state index contributed by atoms with van der Waals surface area (Å²) in [7, 11) is 0. The first-order chi connectivity index (χ1) is 15.2. The van der Waals surface area contributed by atoms with Crippen molar-refractivity contribution in [1.29, 1.82) is 0 Å². The molecule has 2 heterocycles. The third-order valence-corrected chi connectivity index (χ3v) is 6.15. The summed E-state index contributed by atoms with van der Waals surface area (Å²) in [6.07, 6.45) is 11.1. The quantitative estimate of drug-likeness (QED) is 0.238. The summed E-state index contributed by atoms with van der Waals surface area (Å²) in [5.74, 6) is 0. The van der Waals surface area contributed by atoms with Crippen LogP contribution < -0.4 is 0 Å². The zero-order chi connectivity index (χ0) is 21.5. The Morgan fingerprint density at radius 2 is 1.00 bits per heavy atom. The van der Waals surface area contributed by atoms with E-state index in [9.17, 15) is 0 Å². The van der Waals surface area contributed by atoms with Crippen molar-refractivity contribution in [3.8, 4) is 0 Å². The van der Waals surface area contributed by atoms with Crippen molar-refractivity contribution in [2.24, 2.45) is 0 Å². The van der Waals surface area contributed by atoms with Crippen LogP contribution >= 0.6 is 0 Å². The molecule has 2 aromatic rings. The van der Waals surface area contributed by atoms with Crippen molar-refractivity contribution in [1.82, 2.24) is 0 Å². The van der Waals surface area contributed by atoms with Crippen LogP contribution in [0.4, 0.5) is 0 Å². The molecular formula is C28H34O3. The normalized spacial score (nSPS) is 24.0. The molecule has 3 heteroatoms. The molecule has 0 saturated carbocycles. The third kappa shape index (κ3) is 6.90. The fourth-order valence-electron chi connectivity index (χ4n) is 4.15. The maximum atomic E-state index is 5.84. The highest BCUT2D eigenvalue weighted by Crippen LogP contribution is 2.30. The van der Waals surface area contributed by atoms with E-state index in [2.05, 4.69) is 61.7 Å². The van der Waals surface area contributed by atoms with Gasteiger partial charge in [-0.05, 0) is 47.9 Å². The molecule has 4 unspecified atom stereocenters. The highest BCUT2D eigenvalue weighted by molar-refractivity contribution is 5.26. The summed E-state index contributed by atoms with van der Waals surface area (Å²) < 4.78 is 17.5. The van der Waals surface area contributed by atoms with Crippen molar-refractivity contribution in [2.75, 3.05) is 13.2 Å². The lowest BCUT2D eigenvalue weighted by molar-refractivity contribution is 0.118. The van der Waals surface area contributed by atoms with E-state index in [0.717, 1.165) is 51.7 Å². The molecular weight excluding hydrogens is 384 g/mol. The van der Waals surface area contributed by atoms with E-state index < -0.39 is 0 Å². The number of hydrogen-bond acceptors (Lipinski definition) is 3. The Kier molecular flexibility index (Phi) is 7.74. The van der Waals surface area contributed by atoms with Gasteiger partial charge in [0.25, 0.3) is 0 Å². The zero-order valence-electron chi connectivity index (χ0n) is 18.4. The van der Waals surface area contributed by atoms with Crippen LogP contribution in [0.2, 0.25) is 0 Å². The standard InChI is InChI=1S/C28H34O3/c1-3-5-21-7-11-23(12-8-21)19-27-25(30-27)15-17-29-18-16-26-28(31-26)20-24-13-9-22(6-4-2)10-14-24/h3-4,7-14,25-28H,1-2,5-6,15-20H2. The first kappa shape index (κ1) is 22.0. The van der Waals surface area contributed by atoms with Gasteiger partial charge in [-0.25, -0.2) is 0 Å². The van der Waals surface area contributed by atoms with Crippen LogP contribution in [0.3, 0.4) is 0 Å². The van der Waals surface area contributed by atoms with Crippen molar-refractivity contribution in [3.63, 3.8) is 0 Å². The molecule has 2 aliphatic rings. The largest absolute Gasteiger partial charge is 0.381 e. The highest BCUT2D eigenvalue weighted by atomic mass is 16.6. The average Bonchev–Trinajstić information content (AvgIpc) is 3.69. The molecule has 2 aromatic carbocycles. The first-order valence-corrected chi connectivity index (χ1v) is 11.5. The van der Waals surface area contributed by atoms with Gasteiger partial charge in [0.15, 0.2) is 0 Å². The molecule has 164 valence electrons. The number of epoxide rings is 2. The molecule has 31 heavy (non-hydrogen) atoms. The maximum absolute atomic E-state index is 5.84. The Bertz CT molecular complexity index is 768. The number of allylic oxidation sites excluding steroid dienone is 2. The summed E-state index contributed by atoms with van der Waals surface area (Å²) in [6, 6.07) is 17.5. The van der Waals surface area contributed by atoms with Crippen molar-refractivity contribution >= 4 is 0 Å². The van der Waals surface area contributed by atoms with E-state index in [4.69, 9.17) is 14.2 Å². The average molecular weight is 419 g/mol. The molecule has 0 spiro atoms. The monoisotopic (exact) mass is 418 g/mol. The van der Waals surface area contributed by atoms with Crippen LogP contribution in [0.5, 0.6) is 0 Å². The highest BCUT2D eigenvalue weighted by Gasteiger charge is 2.39. The molecule has 0 aliphatic carbocycles. The maximum Gasteiger partial charge on any atom is 0.0883 e. The summed E-state index contributed by atoms with van der Waals surface area (Å²) in [5.41, 5.74) is 5.30. The van der Waals surface area contributed by atoms with Gasteiger partial charge in [0.1, 0.15) is 0 Å². The second-order valence-electron chi connectivity index (χ2n) is 8.64. The van der Waals surface area contributed by atoms with E-state index in [1.165, 1.54) is 22.3 Å². The Hall–Kier alpha value is -2.20. The lowest BCUT2D eigenvalue weighted by atomic mass is 10.0. The van der Waals surface area contributed by atoms with E-state index in [0.29, 0.717) is 24.4 Å². The van der Waals surface area contributed by atoms with Gasteiger partial charge in [0.2, 0.25) is 0 Å². The zero-order valence-corrected chi connectivity index (χ0v) is 18.4. The molecule has 0 N–H and O–H groups in total. The molecule has 4 rings (SSSR count). The first-order valence-electron chi connectivity index (χ1n) is 11.5. The molecule has 2 aliphatic heterocycles. The van der Waals surface area contributed by atoms with Crippen molar-refractivity contribution in [2.45, 2.75) is 62.9 Å². The number of ether oxygens (including phenoxy) is 3. The molecule has 4 atom stereocenters. The van der Waals surface area contributed by atoms with Crippen molar-refractivity contribution < 1.29 is 14.2 Å². The van der Waals surface area contributed by atoms with Crippen LogP contribution in [0, 0.1) is 0 Å². The lowest BCUT2D eigenvalue weighted by Gasteiger charge is -2.03. The fraction of sp³-hybridized carbons (Fsp3) is 0.429. The van der Waals surface area contributed by atoms with Crippen LogP contribution in [-0.4, -0.2) is 37.6 Å². The minimum absolute atomic E-state index is 0.349. The Labute approximate surface area is 186 Å². The van der Waals surface area contributed by atoms with Gasteiger partial charge in [-0.15, -0.1) is 13.2 Å². The second-order valence-corrected chi connectivity index (χ2v) is 8.64. The van der Waals surface area contributed by atoms with E-state index in [1.54, 1.807) is 0 Å². The third-order valence-electron chi connectivity index (χ3n) is 6.15. The van der Waals surface area contributed by atoms with Crippen LogP contribution in [0.15, 0.2) is 73.8 Å². The Morgan fingerprint density at radius 1 is 0.613 bits per heavy atom. The summed E-state index contributed by atoms with van der Waals surface area (Å²) in [6.45, 7) is 9.11. The number of benzene rings is 2. The van der Waals surface area contributed by atoms with E-state index in [-0.39, 0.29) is 0 Å². The van der Waals surface area contributed by atoms with Crippen molar-refractivity contribution in [3.05, 3.63) is 96.1 Å². The SMILES string of the molecule is C=CCc1ccc(CC2OC2CCOCCC2OC2Cc2ccc(CC=C)cc2)cc1. The predicted octanol–water partition coefficient (Wildman–Crippen LogP) is 5.26. The fourth-order valence-corrected chi connectivity index (χ4v) is 4.15. The number of hydrogen-bond donors (Lipinski definition) is 0. The summed E-state index contributed by atoms with van der Waals surface area (Å²) in [4.78, 5) is 0. The molecule has 0 radical (unpaired) electrons. The molecule has 2 fully saturated rings. The van der Waals surface area contributed by atoms with Gasteiger partial charge in [0.05, 0.1) is 24.4 Å². The summed E-state index contributed by atoms with van der Waals surface area (Å²) >= 11 is 0. The number of rotatable bonds is 14. The van der Waals surface area contributed by atoms with Crippen LogP contribution in [-0.2, 0) is 39.9 Å². The van der Waals surface area contributed by atoms with Gasteiger partial charge in [-0.2, -0.15) is 0 Å². The minimum atomic E-state index is 0.349. The Balaban J connectivity index is 1.03. The van der Waals surface area contributed by atoms with E-state index >= 15 is 0 Å². The molecule has 0 aromatic heterocycles. The van der Waals surface area contributed by atoms with Gasteiger partial charge in [0, 0.05) is 26.1 Å². The topological polar surface area (TPSA) is 34.3 Å². The Morgan fingerprint density at radius 3 is 1.39 bits per heavy atom. The van der Waals surface area contributed by atoms with Gasteiger partial charge < -0.3 is 14.2 Å². The summed E-state index contributed by atoms with van der Waals surface area (Å²) in [5, 5.41) is 0. The van der Waals surface area contributed by atoms with Gasteiger partial charge >= 0.3 is 0 Å². The smallest absolute Gasteiger partial charge is 0.0883 e. The van der Waals surface area contributed by atoms with E-state index in [1.807, 2.05) is 12.2 Å². The predicted molar refractivity (Wildman–Crippen MR) is 125 cm³/mol. The molecule has 2 saturated heterocycles. The lowest BCUT2D eigenvalue weighted by Crippen LogP contribution is -2.07. The molecule has 3 nitrogen and oxygen atoms in total. The van der Waals surface area contributed by atoms with Gasteiger partial charge in [-0.1, -0.05) is 60.7 Å². The molecule has 0 amide bonds. The van der Waals surface area contributed by atoms with Crippen LogP contribution in [0.1, 0.15) is 35.1 Å².